The van der Waals surface area contributed by atoms with Gasteiger partial charge in [-0.05, 0) is 11.8 Å². The molecule has 0 radical (unpaired) electrons. The van der Waals surface area contributed by atoms with E-state index in [0.29, 0.717) is 5.54 Å². The average Bonchev–Trinajstić information content (AvgIpc) is 2.05. The van der Waals surface area contributed by atoms with Crippen molar-refractivity contribution in [1.29, 1.82) is 0 Å². The maximum atomic E-state index is 3.71. The van der Waals surface area contributed by atoms with Crippen molar-refractivity contribution in [3.63, 3.8) is 0 Å². The molecule has 0 unspecified atom stereocenters. The second-order valence-corrected chi connectivity index (χ2v) is 5.43. The highest BCUT2D eigenvalue weighted by Gasteiger charge is 2.37. The smallest absolute Gasteiger partial charge is 0.0318 e. The van der Waals surface area contributed by atoms with Crippen LogP contribution in [0.3, 0.4) is 0 Å². The number of nitrogens with one attached hydrogen (secondary N) is 1. The molecule has 0 aromatic rings. The Labute approximate surface area is 80.7 Å². The normalized spacial score (nSPS) is 23.5. The van der Waals surface area contributed by atoms with Crippen LogP contribution in [-0.4, -0.2) is 23.6 Å². The average molecular weight is 187 g/mol. The molecule has 2 heteroatoms. The lowest BCUT2D eigenvalue weighted by Crippen LogP contribution is -2.58. The zero-order valence-electron chi connectivity index (χ0n) is 8.68. The van der Waals surface area contributed by atoms with Crippen molar-refractivity contribution in [2.45, 2.75) is 33.2 Å². The van der Waals surface area contributed by atoms with Gasteiger partial charge in [-0.2, -0.15) is 11.8 Å². The molecular formula is C10H21NS. The van der Waals surface area contributed by atoms with Gasteiger partial charge in [0.25, 0.3) is 0 Å². The minimum absolute atomic E-state index is 0.392. The fourth-order valence-corrected chi connectivity index (χ4v) is 3.55. The molecule has 0 aromatic heterocycles. The Morgan fingerprint density at radius 2 is 1.75 bits per heavy atom. The molecule has 1 aliphatic heterocycles. The van der Waals surface area contributed by atoms with Crippen LogP contribution in [0.4, 0.5) is 0 Å². The SMILES string of the molecule is CC(C)C1(C(C)C)CSCCN1. The molecule has 0 aromatic carbocycles. The molecule has 1 aliphatic rings. The molecule has 0 saturated carbocycles. The highest BCUT2D eigenvalue weighted by molar-refractivity contribution is 7.99. The monoisotopic (exact) mass is 187 g/mol. The topological polar surface area (TPSA) is 12.0 Å². The first-order valence-electron chi connectivity index (χ1n) is 4.92. The molecule has 12 heavy (non-hydrogen) atoms. The minimum Gasteiger partial charge on any atom is -0.309 e. The zero-order valence-corrected chi connectivity index (χ0v) is 9.50. The van der Waals surface area contributed by atoms with Gasteiger partial charge in [0.1, 0.15) is 0 Å². The Kier molecular flexibility index (Phi) is 3.47. The van der Waals surface area contributed by atoms with Gasteiger partial charge in [0.15, 0.2) is 0 Å². The summed E-state index contributed by atoms with van der Waals surface area (Å²) in [6.45, 7) is 10.5. The van der Waals surface area contributed by atoms with Gasteiger partial charge in [-0.1, -0.05) is 27.7 Å². The van der Waals surface area contributed by atoms with E-state index in [1.165, 1.54) is 18.1 Å². The Bertz CT molecular complexity index is 127. The number of rotatable bonds is 2. The molecule has 0 atom stereocenters. The van der Waals surface area contributed by atoms with Crippen LogP contribution in [0, 0.1) is 11.8 Å². The predicted molar refractivity (Wildman–Crippen MR) is 57.7 cm³/mol. The molecule has 72 valence electrons. The summed E-state index contributed by atoms with van der Waals surface area (Å²) < 4.78 is 0. The Morgan fingerprint density at radius 1 is 1.17 bits per heavy atom. The Balaban J connectivity index is 2.70. The van der Waals surface area contributed by atoms with Crippen LogP contribution < -0.4 is 5.32 Å². The van der Waals surface area contributed by atoms with Gasteiger partial charge in [0.05, 0.1) is 0 Å². The lowest BCUT2D eigenvalue weighted by Gasteiger charge is -2.45. The summed E-state index contributed by atoms with van der Waals surface area (Å²) in [6.07, 6.45) is 0. The summed E-state index contributed by atoms with van der Waals surface area (Å²) in [5, 5.41) is 3.71. The van der Waals surface area contributed by atoms with E-state index in [2.05, 4.69) is 44.8 Å². The summed E-state index contributed by atoms with van der Waals surface area (Å²) in [4.78, 5) is 0. The van der Waals surface area contributed by atoms with Crippen molar-refractivity contribution in [1.82, 2.24) is 5.32 Å². The molecule has 1 N–H and O–H groups in total. The summed E-state index contributed by atoms with van der Waals surface area (Å²) in [6, 6.07) is 0. The van der Waals surface area contributed by atoms with E-state index < -0.39 is 0 Å². The van der Waals surface area contributed by atoms with Crippen LogP contribution >= 0.6 is 11.8 Å². The van der Waals surface area contributed by atoms with Gasteiger partial charge < -0.3 is 5.32 Å². The highest BCUT2D eigenvalue weighted by atomic mass is 32.2. The Hall–Kier alpha value is 0.310. The van der Waals surface area contributed by atoms with Gasteiger partial charge >= 0.3 is 0 Å². The van der Waals surface area contributed by atoms with Gasteiger partial charge in [0.2, 0.25) is 0 Å². The quantitative estimate of drug-likeness (QED) is 0.712. The molecule has 0 aliphatic carbocycles. The fourth-order valence-electron chi connectivity index (χ4n) is 2.06. The maximum absolute atomic E-state index is 3.71. The van der Waals surface area contributed by atoms with Crippen LogP contribution in [0.1, 0.15) is 27.7 Å². The minimum atomic E-state index is 0.392. The zero-order chi connectivity index (χ0) is 9.19. The molecule has 1 rings (SSSR count). The van der Waals surface area contributed by atoms with Crippen LogP contribution in [0.15, 0.2) is 0 Å². The lowest BCUT2D eigenvalue weighted by atomic mass is 9.78. The molecule has 1 saturated heterocycles. The summed E-state index contributed by atoms with van der Waals surface area (Å²) in [5.41, 5.74) is 0.392. The summed E-state index contributed by atoms with van der Waals surface area (Å²) >= 11 is 2.10. The maximum Gasteiger partial charge on any atom is 0.0318 e. The van der Waals surface area contributed by atoms with Crippen LogP contribution in [0.5, 0.6) is 0 Å². The largest absolute Gasteiger partial charge is 0.309 e. The van der Waals surface area contributed by atoms with Crippen LogP contribution in [0.2, 0.25) is 0 Å². The third-order valence-corrected chi connectivity index (χ3v) is 4.28. The van der Waals surface area contributed by atoms with E-state index in [1.54, 1.807) is 0 Å². The second kappa shape index (κ2) is 4.01. The molecule has 0 spiro atoms. The van der Waals surface area contributed by atoms with Gasteiger partial charge in [0, 0.05) is 23.6 Å². The number of thioether (sulfide) groups is 1. The van der Waals surface area contributed by atoms with E-state index in [9.17, 15) is 0 Å². The fraction of sp³-hybridized carbons (Fsp3) is 1.00. The van der Waals surface area contributed by atoms with Crippen molar-refractivity contribution in [2.24, 2.45) is 11.8 Å². The molecule has 1 heterocycles. The molecule has 1 fully saturated rings. The molecule has 0 bridgehead atoms. The standard InChI is InChI=1S/C10H21NS/c1-8(2)10(9(3)4)7-12-6-5-11-10/h8-9,11H,5-7H2,1-4H3. The van der Waals surface area contributed by atoms with Gasteiger partial charge in [-0.25, -0.2) is 0 Å². The van der Waals surface area contributed by atoms with Crippen molar-refractivity contribution in [2.75, 3.05) is 18.1 Å². The van der Waals surface area contributed by atoms with E-state index in [-0.39, 0.29) is 0 Å². The van der Waals surface area contributed by atoms with Crippen molar-refractivity contribution in [3.8, 4) is 0 Å². The van der Waals surface area contributed by atoms with Crippen molar-refractivity contribution >= 4 is 11.8 Å². The highest BCUT2D eigenvalue weighted by Crippen LogP contribution is 2.32. The van der Waals surface area contributed by atoms with E-state index in [1.807, 2.05) is 0 Å². The first-order chi connectivity index (χ1) is 5.59. The first-order valence-corrected chi connectivity index (χ1v) is 6.08. The molecular weight excluding hydrogens is 166 g/mol. The van der Waals surface area contributed by atoms with E-state index in [0.717, 1.165) is 11.8 Å². The van der Waals surface area contributed by atoms with Crippen molar-refractivity contribution < 1.29 is 0 Å². The van der Waals surface area contributed by atoms with E-state index in [4.69, 9.17) is 0 Å². The first kappa shape index (κ1) is 10.4. The second-order valence-electron chi connectivity index (χ2n) is 4.33. The Morgan fingerprint density at radius 3 is 2.00 bits per heavy atom. The summed E-state index contributed by atoms with van der Waals surface area (Å²) in [5.74, 6) is 4.04. The third kappa shape index (κ3) is 1.80. The lowest BCUT2D eigenvalue weighted by molar-refractivity contribution is 0.192. The van der Waals surface area contributed by atoms with Crippen LogP contribution in [-0.2, 0) is 0 Å². The summed E-state index contributed by atoms with van der Waals surface area (Å²) in [7, 11) is 0. The van der Waals surface area contributed by atoms with Gasteiger partial charge in [-0.3, -0.25) is 0 Å². The van der Waals surface area contributed by atoms with E-state index >= 15 is 0 Å². The van der Waals surface area contributed by atoms with Gasteiger partial charge in [-0.15, -0.1) is 0 Å². The number of hydrogen-bond acceptors (Lipinski definition) is 2. The number of hydrogen-bond donors (Lipinski definition) is 1. The third-order valence-electron chi connectivity index (χ3n) is 3.10. The van der Waals surface area contributed by atoms with Crippen LogP contribution in [0.25, 0.3) is 0 Å². The predicted octanol–water partition coefficient (Wildman–Crippen LogP) is 2.37. The van der Waals surface area contributed by atoms with Crippen molar-refractivity contribution in [3.05, 3.63) is 0 Å². The molecule has 1 nitrogen and oxygen atoms in total. The molecule has 0 amide bonds.